The second-order valence-electron chi connectivity index (χ2n) is 5.70. The van der Waals surface area contributed by atoms with Crippen molar-refractivity contribution in [3.8, 4) is 0 Å². The summed E-state index contributed by atoms with van der Waals surface area (Å²) >= 11 is 3.46. The molecule has 0 radical (unpaired) electrons. The first-order chi connectivity index (χ1) is 9.08. The minimum Gasteiger partial charge on any atom is -0.352 e. The van der Waals surface area contributed by atoms with Crippen LogP contribution in [0.15, 0.2) is 22.7 Å². The molecule has 3 heteroatoms. The van der Waals surface area contributed by atoms with Crippen molar-refractivity contribution in [1.82, 2.24) is 5.32 Å². The van der Waals surface area contributed by atoms with E-state index in [-0.39, 0.29) is 5.91 Å². The lowest BCUT2D eigenvalue weighted by Crippen LogP contribution is -2.33. The second-order valence-corrected chi connectivity index (χ2v) is 6.55. The third-order valence-corrected chi connectivity index (χ3v) is 5.12. The molecule has 1 aromatic rings. The van der Waals surface area contributed by atoms with Crippen molar-refractivity contribution in [2.45, 2.75) is 39.5 Å². The molecule has 0 bridgehead atoms. The van der Waals surface area contributed by atoms with Gasteiger partial charge in [0.2, 0.25) is 0 Å². The van der Waals surface area contributed by atoms with Crippen molar-refractivity contribution < 1.29 is 4.79 Å². The number of carbonyl (C=O) groups excluding carboxylic acids is 1. The zero-order valence-electron chi connectivity index (χ0n) is 11.7. The van der Waals surface area contributed by atoms with Crippen molar-refractivity contribution in [1.29, 1.82) is 0 Å². The molecule has 0 spiro atoms. The van der Waals surface area contributed by atoms with Gasteiger partial charge in [0.05, 0.1) is 0 Å². The van der Waals surface area contributed by atoms with E-state index in [0.717, 1.165) is 28.1 Å². The molecule has 1 aromatic carbocycles. The van der Waals surface area contributed by atoms with Crippen LogP contribution in [0, 0.1) is 18.8 Å². The monoisotopic (exact) mass is 323 g/mol. The van der Waals surface area contributed by atoms with Crippen LogP contribution in [0.3, 0.4) is 0 Å². The fraction of sp³-hybridized carbons (Fsp3) is 0.562. The molecule has 1 aliphatic rings. The van der Waals surface area contributed by atoms with Crippen LogP contribution >= 0.6 is 15.9 Å². The van der Waals surface area contributed by atoms with Gasteiger partial charge in [-0.25, -0.2) is 0 Å². The van der Waals surface area contributed by atoms with Crippen molar-refractivity contribution in [2.75, 3.05) is 6.54 Å². The molecule has 0 aromatic heterocycles. The summed E-state index contributed by atoms with van der Waals surface area (Å²) < 4.78 is 1.05. The van der Waals surface area contributed by atoms with Crippen LogP contribution in [-0.4, -0.2) is 12.5 Å². The van der Waals surface area contributed by atoms with Crippen molar-refractivity contribution in [3.63, 3.8) is 0 Å². The molecule has 0 aliphatic heterocycles. The minimum absolute atomic E-state index is 0.0494. The number of benzene rings is 1. The molecule has 1 fully saturated rings. The first-order valence-corrected chi connectivity index (χ1v) is 7.91. The van der Waals surface area contributed by atoms with Crippen LogP contribution in [0.1, 0.15) is 48.5 Å². The van der Waals surface area contributed by atoms with Crippen molar-refractivity contribution >= 4 is 21.8 Å². The molecule has 1 N–H and O–H groups in total. The van der Waals surface area contributed by atoms with E-state index in [1.54, 1.807) is 0 Å². The summed E-state index contributed by atoms with van der Waals surface area (Å²) in [4.78, 5) is 12.1. The molecule has 1 amide bonds. The lowest BCUT2D eigenvalue weighted by atomic mass is 9.80. The van der Waals surface area contributed by atoms with Gasteiger partial charge in [-0.05, 0) is 48.9 Å². The first-order valence-electron chi connectivity index (χ1n) is 7.12. The number of hydrogen-bond acceptors (Lipinski definition) is 1. The van der Waals surface area contributed by atoms with Gasteiger partial charge in [0, 0.05) is 16.6 Å². The smallest absolute Gasteiger partial charge is 0.251 e. The van der Waals surface area contributed by atoms with E-state index in [1.807, 2.05) is 25.1 Å². The number of amides is 1. The van der Waals surface area contributed by atoms with Crippen LogP contribution in [0.4, 0.5) is 0 Å². The van der Waals surface area contributed by atoms with E-state index in [0.29, 0.717) is 5.92 Å². The average Bonchev–Trinajstić information content (AvgIpc) is 2.40. The third kappa shape index (κ3) is 3.82. The molecule has 2 atom stereocenters. The van der Waals surface area contributed by atoms with Crippen LogP contribution in [0.2, 0.25) is 0 Å². The Labute approximate surface area is 124 Å². The summed E-state index contributed by atoms with van der Waals surface area (Å²) in [7, 11) is 0. The number of rotatable bonds is 3. The van der Waals surface area contributed by atoms with Gasteiger partial charge in [-0.1, -0.05) is 42.1 Å². The van der Waals surface area contributed by atoms with E-state index >= 15 is 0 Å². The predicted molar refractivity (Wildman–Crippen MR) is 82.3 cm³/mol. The number of aryl methyl sites for hydroxylation is 1. The Morgan fingerprint density at radius 2 is 2.11 bits per heavy atom. The van der Waals surface area contributed by atoms with E-state index < -0.39 is 0 Å². The highest BCUT2D eigenvalue weighted by atomic mass is 79.9. The highest BCUT2D eigenvalue weighted by molar-refractivity contribution is 9.10. The van der Waals surface area contributed by atoms with Gasteiger partial charge in [0.25, 0.3) is 5.91 Å². The summed E-state index contributed by atoms with van der Waals surface area (Å²) in [6, 6.07) is 5.74. The summed E-state index contributed by atoms with van der Waals surface area (Å²) in [5.41, 5.74) is 1.85. The standard InChI is InChI=1S/C16H22BrNO/c1-11-5-3-4-6-14(11)10-18-16(19)13-7-8-15(17)12(2)9-13/h7-9,11,14H,3-6,10H2,1-2H3,(H,18,19). The quantitative estimate of drug-likeness (QED) is 0.882. The Morgan fingerprint density at radius 1 is 1.37 bits per heavy atom. The summed E-state index contributed by atoms with van der Waals surface area (Å²) in [5.74, 6) is 1.43. The Bertz CT molecular complexity index is 458. The molecule has 104 valence electrons. The topological polar surface area (TPSA) is 29.1 Å². The number of halogens is 1. The molecule has 2 unspecified atom stereocenters. The molecular weight excluding hydrogens is 302 g/mol. The van der Waals surface area contributed by atoms with Gasteiger partial charge in [0.1, 0.15) is 0 Å². The van der Waals surface area contributed by atoms with Gasteiger partial charge >= 0.3 is 0 Å². The molecule has 0 heterocycles. The second kappa shape index (κ2) is 6.56. The van der Waals surface area contributed by atoms with Gasteiger partial charge in [0.15, 0.2) is 0 Å². The average molecular weight is 324 g/mol. The van der Waals surface area contributed by atoms with Crippen LogP contribution in [0.5, 0.6) is 0 Å². The maximum Gasteiger partial charge on any atom is 0.251 e. The maximum atomic E-state index is 12.1. The lowest BCUT2D eigenvalue weighted by Gasteiger charge is -2.28. The summed E-state index contributed by atoms with van der Waals surface area (Å²) in [6.45, 7) is 5.12. The minimum atomic E-state index is 0.0494. The fourth-order valence-electron chi connectivity index (χ4n) is 2.81. The highest BCUT2D eigenvalue weighted by Gasteiger charge is 2.21. The van der Waals surface area contributed by atoms with Crippen molar-refractivity contribution in [2.24, 2.45) is 11.8 Å². The summed E-state index contributed by atoms with van der Waals surface area (Å²) in [6.07, 6.45) is 5.21. The number of hydrogen-bond donors (Lipinski definition) is 1. The molecule has 0 saturated heterocycles. The van der Waals surface area contributed by atoms with E-state index in [1.165, 1.54) is 25.7 Å². The Morgan fingerprint density at radius 3 is 2.79 bits per heavy atom. The SMILES string of the molecule is Cc1cc(C(=O)NCC2CCCCC2C)ccc1Br. The van der Waals surface area contributed by atoms with Crippen LogP contribution < -0.4 is 5.32 Å². The zero-order chi connectivity index (χ0) is 13.8. The zero-order valence-corrected chi connectivity index (χ0v) is 13.3. The Kier molecular flexibility index (Phi) is 5.03. The fourth-order valence-corrected chi connectivity index (χ4v) is 3.05. The van der Waals surface area contributed by atoms with Gasteiger partial charge in [-0.3, -0.25) is 4.79 Å². The number of carbonyl (C=O) groups is 1. The molecule has 19 heavy (non-hydrogen) atoms. The normalized spacial score (nSPS) is 23.1. The maximum absolute atomic E-state index is 12.1. The Hall–Kier alpha value is -0.830. The van der Waals surface area contributed by atoms with Gasteiger partial charge < -0.3 is 5.32 Å². The lowest BCUT2D eigenvalue weighted by molar-refractivity contribution is 0.0936. The van der Waals surface area contributed by atoms with Crippen LogP contribution in [-0.2, 0) is 0 Å². The molecular formula is C16H22BrNO. The highest BCUT2D eigenvalue weighted by Crippen LogP contribution is 2.28. The first kappa shape index (κ1) is 14.6. The van der Waals surface area contributed by atoms with Gasteiger partial charge in [-0.15, -0.1) is 0 Å². The third-order valence-electron chi connectivity index (χ3n) is 4.23. The summed E-state index contributed by atoms with van der Waals surface area (Å²) in [5, 5.41) is 3.09. The molecule has 1 saturated carbocycles. The van der Waals surface area contributed by atoms with Gasteiger partial charge in [-0.2, -0.15) is 0 Å². The predicted octanol–water partition coefficient (Wildman–Crippen LogP) is 4.31. The van der Waals surface area contributed by atoms with E-state index in [2.05, 4.69) is 28.2 Å². The molecule has 2 rings (SSSR count). The van der Waals surface area contributed by atoms with E-state index in [4.69, 9.17) is 0 Å². The number of nitrogens with one attached hydrogen (secondary N) is 1. The largest absolute Gasteiger partial charge is 0.352 e. The Balaban J connectivity index is 1.91. The molecule has 2 nitrogen and oxygen atoms in total. The van der Waals surface area contributed by atoms with E-state index in [9.17, 15) is 4.79 Å². The molecule has 1 aliphatic carbocycles. The van der Waals surface area contributed by atoms with Crippen LogP contribution in [0.25, 0.3) is 0 Å². The van der Waals surface area contributed by atoms with Crippen molar-refractivity contribution in [3.05, 3.63) is 33.8 Å².